The first-order valence-corrected chi connectivity index (χ1v) is 6.21. The summed E-state index contributed by atoms with van der Waals surface area (Å²) in [5.74, 6) is -0.354. The van der Waals surface area contributed by atoms with Crippen LogP contribution >= 0.6 is 11.6 Å². The Morgan fingerprint density at radius 2 is 1.85 bits per heavy atom. The molecule has 0 aliphatic heterocycles. The predicted octanol–water partition coefficient (Wildman–Crippen LogP) is 1.21. The van der Waals surface area contributed by atoms with Gasteiger partial charge in [0.2, 0.25) is 5.91 Å². The highest BCUT2D eigenvalue weighted by Crippen LogP contribution is 2.13. The number of aryl methyl sites for hydroxylation is 1. The molecule has 1 aromatic heterocycles. The molecule has 0 radical (unpaired) electrons. The van der Waals surface area contributed by atoms with E-state index in [9.17, 15) is 14.4 Å². The summed E-state index contributed by atoms with van der Waals surface area (Å²) in [7, 11) is 0. The first-order chi connectivity index (χ1) is 9.45. The quantitative estimate of drug-likeness (QED) is 0.793. The minimum absolute atomic E-state index is 0.124. The second kappa shape index (κ2) is 5.75. The van der Waals surface area contributed by atoms with Crippen LogP contribution in [0.25, 0.3) is 0 Å². The Bertz CT molecular complexity index is 747. The first-order valence-electron chi connectivity index (χ1n) is 5.83. The average Bonchev–Trinajstić information content (AvgIpc) is 2.36. The lowest BCUT2D eigenvalue weighted by Crippen LogP contribution is -2.29. The Labute approximate surface area is 118 Å². The van der Waals surface area contributed by atoms with E-state index in [1.54, 1.807) is 31.2 Å². The van der Waals surface area contributed by atoms with E-state index in [2.05, 4.69) is 15.3 Å². The molecule has 0 saturated carbocycles. The first kappa shape index (κ1) is 14.1. The third kappa shape index (κ3) is 3.36. The van der Waals surface area contributed by atoms with Crippen LogP contribution in [0.4, 0.5) is 5.69 Å². The van der Waals surface area contributed by atoms with Gasteiger partial charge in [-0.1, -0.05) is 11.6 Å². The van der Waals surface area contributed by atoms with Gasteiger partial charge in [-0.25, -0.2) is 4.79 Å². The van der Waals surface area contributed by atoms with E-state index in [1.165, 1.54) is 0 Å². The van der Waals surface area contributed by atoms with E-state index < -0.39 is 11.2 Å². The molecule has 1 heterocycles. The number of halogens is 1. The molecule has 0 atom stereocenters. The van der Waals surface area contributed by atoms with Crippen molar-refractivity contribution in [2.75, 3.05) is 5.32 Å². The number of hydrogen-bond acceptors (Lipinski definition) is 3. The van der Waals surface area contributed by atoms with Gasteiger partial charge in [0.1, 0.15) is 0 Å². The highest BCUT2D eigenvalue weighted by molar-refractivity contribution is 6.30. The summed E-state index contributed by atoms with van der Waals surface area (Å²) in [6.07, 6.45) is -0.124. The van der Waals surface area contributed by atoms with Crippen LogP contribution in [-0.4, -0.2) is 15.9 Å². The second-order valence-electron chi connectivity index (χ2n) is 4.24. The highest BCUT2D eigenvalue weighted by Gasteiger charge is 2.11. The molecule has 0 unspecified atom stereocenters. The fraction of sp³-hybridized carbons (Fsp3) is 0.154. The van der Waals surface area contributed by atoms with Gasteiger partial charge in [-0.15, -0.1) is 0 Å². The number of amides is 1. The molecule has 2 rings (SSSR count). The van der Waals surface area contributed by atoms with E-state index in [0.29, 0.717) is 16.4 Å². The molecular weight excluding hydrogens is 282 g/mol. The fourth-order valence-electron chi connectivity index (χ4n) is 1.74. The molecule has 0 fully saturated rings. The van der Waals surface area contributed by atoms with Crippen molar-refractivity contribution in [1.82, 2.24) is 9.97 Å². The van der Waals surface area contributed by atoms with Crippen LogP contribution in [0.15, 0.2) is 33.9 Å². The lowest BCUT2D eigenvalue weighted by molar-refractivity contribution is -0.115. The van der Waals surface area contributed by atoms with Gasteiger partial charge in [0.25, 0.3) is 5.56 Å². The summed E-state index contributed by atoms with van der Waals surface area (Å²) in [4.78, 5) is 39.1. The summed E-state index contributed by atoms with van der Waals surface area (Å²) in [6.45, 7) is 1.57. The number of rotatable bonds is 3. The monoisotopic (exact) mass is 293 g/mol. The lowest BCUT2D eigenvalue weighted by Gasteiger charge is -2.06. The van der Waals surface area contributed by atoms with Crippen molar-refractivity contribution in [2.45, 2.75) is 13.3 Å². The van der Waals surface area contributed by atoms with Crippen LogP contribution in [0.2, 0.25) is 5.02 Å². The SMILES string of the molecule is Cc1[nH]c(=O)[nH]c(=O)c1CC(=O)Nc1ccc(Cl)cc1. The van der Waals surface area contributed by atoms with Crippen LogP contribution in [0, 0.1) is 6.92 Å². The van der Waals surface area contributed by atoms with Crippen LogP contribution in [0.3, 0.4) is 0 Å². The standard InChI is InChI=1S/C13H12ClN3O3/c1-7-10(12(19)17-13(20)15-7)6-11(18)16-9-4-2-8(14)3-5-9/h2-5H,6H2,1H3,(H,16,18)(H2,15,17,19,20). The van der Waals surface area contributed by atoms with E-state index in [4.69, 9.17) is 11.6 Å². The van der Waals surface area contributed by atoms with Crippen molar-refractivity contribution in [1.29, 1.82) is 0 Å². The van der Waals surface area contributed by atoms with Gasteiger partial charge < -0.3 is 10.3 Å². The maximum atomic E-state index is 11.9. The average molecular weight is 294 g/mol. The van der Waals surface area contributed by atoms with Gasteiger partial charge in [-0.05, 0) is 31.2 Å². The number of benzene rings is 1. The normalized spacial score (nSPS) is 10.3. The maximum Gasteiger partial charge on any atom is 0.325 e. The Hall–Kier alpha value is -2.34. The zero-order valence-electron chi connectivity index (χ0n) is 10.6. The van der Waals surface area contributed by atoms with Crippen molar-refractivity contribution in [3.63, 3.8) is 0 Å². The van der Waals surface area contributed by atoms with Crippen LogP contribution < -0.4 is 16.6 Å². The minimum atomic E-state index is -0.589. The number of carbonyl (C=O) groups excluding carboxylic acids is 1. The molecular formula is C13H12ClN3O3. The van der Waals surface area contributed by atoms with Gasteiger partial charge in [-0.3, -0.25) is 14.6 Å². The van der Waals surface area contributed by atoms with Crippen molar-refractivity contribution >= 4 is 23.2 Å². The van der Waals surface area contributed by atoms with E-state index in [0.717, 1.165) is 0 Å². The summed E-state index contributed by atoms with van der Waals surface area (Å²) >= 11 is 5.74. The van der Waals surface area contributed by atoms with Crippen molar-refractivity contribution in [3.05, 3.63) is 61.4 Å². The second-order valence-corrected chi connectivity index (χ2v) is 4.68. The molecule has 0 saturated heterocycles. The third-order valence-corrected chi connectivity index (χ3v) is 2.97. The topological polar surface area (TPSA) is 94.8 Å². The van der Waals surface area contributed by atoms with Crippen molar-refractivity contribution < 1.29 is 4.79 Å². The van der Waals surface area contributed by atoms with E-state index in [1.807, 2.05) is 0 Å². The molecule has 0 aliphatic carbocycles. The van der Waals surface area contributed by atoms with Crippen LogP contribution in [-0.2, 0) is 11.2 Å². The van der Waals surface area contributed by atoms with Crippen molar-refractivity contribution in [2.24, 2.45) is 0 Å². The zero-order chi connectivity index (χ0) is 14.7. The lowest BCUT2D eigenvalue weighted by atomic mass is 10.1. The molecule has 6 nitrogen and oxygen atoms in total. The molecule has 0 spiro atoms. The maximum absolute atomic E-state index is 11.9. The smallest absolute Gasteiger partial charge is 0.325 e. The van der Waals surface area contributed by atoms with Gasteiger partial charge in [0.05, 0.1) is 6.42 Å². The Balaban J connectivity index is 2.14. The van der Waals surface area contributed by atoms with Crippen molar-refractivity contribution in [3.8, 4) is 0 Å². The number of nitrogens with one attached hydrogen (secondary N) is 3. The van der Waals surface area contributed by atoms with E-state index in [-0.39, 0.29) is 17.9 Å². The Morgan fingerprint density at radius 1 is 1.20 bits per heavy atom. The van der Waals surface area contributed by atoms with Crippen LogP contribution in [0.1, 0.15) is 11.3 Å². The molecule has 0 aliphatic rings. The number of hydrogen-bond donors (Lipinski definition) is 3. The number of aromatic nitrogens is 2. The summed E-state index contributed by atoms with van der Waals surface area (Å²) in [5, 5.41) is 3.21. The fourth-order valence-corrected chi connectivity index (χ4v) is 1.86. The molecule has 7 heteroatoms. The summed E-state index contributed by atoms with van der Waals surface area (Å²) in [5.41, 5.74) is 0.0471. The number of aromatic amines is 2. The highest BCUT2D eigenvalue weighted by atomic mass is 35.5. The summed E-state index contributed by atoms with van der Waals surface area (Å²) < 4.78 is 0. The molecule has 0 bridgehead atoms. The van der Waals surface area contributed by atoms with Gasteiger partial charge in [0, 0.05) is 22.0 Å². The zero-order valence-corrected chi connectivity index (χ0v) is 11.4. The number of carbonyl (C=O) groups is 1. The Morgan fingerprint density at radius 3 is 2.45 bits per heavy atom. The third-order valence-electron chi connectivity index (χ3n) is 2.72. The molecule has 20 heavy (non-hydrogen) atoms. The van der Waals surface area contributed by atoms with Crippen LogP contribution in [0.5, 0.6) is 0 Å². The Kier molecular flexibility index (Phi) is 4.05. The molecule has 1 amide bonds. The van der Waals surface area contributed by atoms with Gasteiger partial charge in [0.15, 0.2) is 0 Å². The minimum Gasteiger partial charge on any atom is -0.326 e. The number of H-pyrrole nitrogens is 2. The molecule has 1 aromatic carbocycles. The summed E-state index contributed by atoms with van der Waals surface area (Å²) in [6, 6.07) is 6.61. The number of anilines is 1. The van der Waals surface area contributed by atoms with Gasteiger partial charge >= 0.3 is 5.69 Å². The largest absolute Gasteiger partial charge is 0.326 e. The molecule has 3 N–H and O–H groups in total. The van der Waals surface area contributed by atoms with E-state index >= 15 is 0 Å². The molecule has 104 valence electrons. The van der Waals surface area contributed by atoms with Gasteiger partial charge in [-0.2, -0.15) is 0 Å². The molecule has 2 aromatic rings. The predicted molar refractivity (Wildman–Crippen MR) is 76.2 cm³/mol.